The largest absolute Gasteiger partial charge is 0.495 e. The molecule has 0 aliphatic carbocycles. The van der Waals surface area contributed by atoms with Crippen molar-refractivity contribution in [3.8, 4) is 5.75 Å². The van der Waals surface area contributed by atoms with Crippen LogP contribution >= 0.6 is 0 Å². The zero-order valence-electron chi connectivity index (χ0n) is 15.9. The first-order chi connectivity index (χ1) is 13.2. The normalized spacial score (nSPS) is 14.6. The minimum atomic E-state index is 0.909. The van der Waals surface area contributed by atoms with E-state index >= 15 is 0 Å². The van der Waals surface area contributed by atoms with Crippen LogP contribution < -0.4 is 4.74 Å². The summed E-state index contributed by atoms with van der Waals surface area (Å²) in [7, 11) is 1.74. The van der Waals surface area contributed by atoms with E-state index in [1.165, 1.54) is 38.5 Å². The molecule has 27 heavy (non-hydrogen) atoms. The van der Waals surface area contributed by atoms with E-state index in [2.05, 4.69) is 65.3 Å². The molecular weight excluding hydrogens is 332 g/mol. The lowest BCUT2D eigenvalue weighted by atomic mass is 9.92. The first-order valence-electron chi connectivity index (χ1n) is 9.60. The Bertz CT molecular complexity index is 1130. The van der Waals surface area contributed by atoms with E-state index in [1.54, 1.807) is 7.11 Å². The molecule has 1 aliphatic heterocycles. The Morgan fingerprint density at radius 3 is 2.67 bits per heavy atom. The van der Waals surface area contributed by atoms with Crippen molar-refractivity contribution in [3.63, 3.8) is 0 Å². The van der Waals surface area contributed by atoms with E-state index in [0.717, 1.165) is 37.3 Å². The fourth-order valence-electron chi connectivity index (χ4n) is 4.54. The number of rotatable bonds is 3. The molecule has 0 saturated carbocycles. The van der Waals surface area contributed by atoms with Crippen molar-refractivity contribution in [2.24, 2.45) is 0 Å². The predicted molar refractivity (Wildman–Crippen MR) is 111 cm³/mol. The van der Waals surface area contributed by atoms with Gasteiger partial charge in [0.15, 0.2) is 0 Å². The summed E-state index contributed by atoms with van der Waals surface area (Å²) in [5.41, 5.74) is 8.10. The quantitative estimate of drug-likeness (QED) is 0.547. The van der Waals surface area contributed by atoms with Gasteiger partial charge in [-0.05, 0) is 47.7 Å². The molecule has 0 amide bonds. The van der Waals surface area contributed by atoms with Gasteiger partial charge in [0.2, 0.25) is 0 Å². The number of para-hydroxylation sites is 1. The zero-order valence-corrected chi connectivity index (χ0v) is 15.9. The molecule has 4 aromatic rings. The first kappa shape index (κ1) is 16.4. The highest BCUT2D eigenvalue weighted by Crippen LogP contribution is 2.37. The van der Waals surface area contributed by atoms with Crippen LogP contribution in [-0.2, 0) is 19.5 Å². The van der Waals surface area contributed by atoms with Crippen LogP contribution in [0.1, 0.15) is 22.3 Å². The number of aromatic amines is 1. The number of nitrogens with zero attached hydrogens (tertiary/aromatic N) is 1. The standard InChI is InChI=1S/C24H24N2O/c1-16-19-11-12-26(14-17-7-4-3-5-8-17)15-18(19)13-21-20-9-6-10-22(27-2)24(20)25-23(16)21/h3-10,13,25H,11-12,14-15H2,1-2H3. The van der Waals surface area contributed by atoms with Gasteiger partial charge in [0, 0.05) is 35.9 Å². The highest BCUT2D eigenvalue weighted by atomic mass is 16.5. The number of fused-ring (bicyclic) bond motifs is 4. The van der Waals surface area contributed by atoms with Crippen LogP contribution in [0.2, 0.25) is 0 Å². The van der Waals surface area contributed by atoms with Crippen LogP contribution in [0.4, 0.5) is 0 Å². The second-order valence-electron chi connectivity index (χ2n) is 7.52. The number of nitrogens with one attached hydrogen (secondary N) is 1. The lowest BCUT2D eigenvalue weighted by molar-refractivity contribution is 0.245. The lowest BCUT2D eigenvalue weighted by Crippen LogP contribution is -2.30. The molecule has 3 heteroatoms. The van der Waals surface area contributed by atoms with Gasteiger partial charge in [-0.1, -0.05) is 42.5 Å². The fraction of sp³-hybridized carbons (Fsp3) is 0.250. The minimum Gasteiger partial charge on any atom is -0.495 e. The Morgan fingerprint density at radius 1 is 1.00 bits per heavy atom. The predicted octanol–water partition coefficient (Wildman–Crippen LogP) is 5.20. The third-order valence-electron chi connectivity index (χ3n) is 5.91. The van der Waals surface area contributed by atoms with Gasteiger partial charge in [-0.15, -0.1) is 0 Å². The topological polar surface area (TPSA) is 28.3 Å². The van der Waals surface area contributed by atoms with Gasteiger partial charge in [-0.3, -0.25) is 4.90 Å². The van der Waals surface area contributed by atoms with E-state index in [9.17, 15) is 0 Å². The van der Waals surface area contributed by atoms with Crippen molar-refractivity contribution in [1.82, 2.24) is 9.88 Å². The van der Waals surface area contributed by atoms with E-state index < -0.39 is 0 Å². The summed E-state index contributed by atoms with van der Waals surface area (Å²) in [5, 5.41) is 2.55. The Kier molecular flexibility index (Phi) is 3.91. The van der Waals surface area contributed by atoms with Crippen molar-refractivity contribution in [2.45, 2.75) is 26.4 Å². The van der Waals surface area contributed by atoms with Crippen molar-refractivity contribution < 1.29 is 4.74 Å². The molecule has 0 bridgehead atoms. The SMILES string of the molecule is COc1cccc2c1[nH]c1c(C)c3c(cc12)CN(Cc1ccccc1)CC3. The van der Waals surface area contributed by atoms with Crippen LogP contribution in [0.15, 0.2) is 54.6 Å². The molecule has 0 saturated heterocycles. The zero-order chi connectivity index (χ0) is 18.4. The van der Waals surface area contributed by atoms with Gasteiger partial charge in [0.05, 0.1) is 12.6 Å². The number of hydrogen-bond acceptors (Lipinski definition) is 2. The molecule has 136 valence electrons. The molecule has 0 spiro atoms. The van der Waals surface area contributed by atoms with Crippen molar-refractivity contribution in [3.05, 3.63) is 76.9 Å². The Balaban J connectivity index is 1.58. The summed E-state index contributed by atoms with van der Waals surface area (Å²) in [6, 6.07) is 19.5. The van der Waals surface area contributed by atoms with Gasteiger partial charge in [-0.25, -0.2) is 0 Å². The monoisotopic (exact) mass is 356 g/mol. The summed E-state index contributed by atoms with van der Waals surface area (Å²) >= 11 is 0. The van der Waals surface area contributed by atoms with Gasteiger partial charge >= 0.3 is 0 Å². The average Bonchev–Trinajstić information content (AvgIpc) is 3.08. The van der Waals surface area contributed by atoms with Crippen LogP contribution in [0.5, 0.6) is 5.75 Å². The molecule has 3 nitrogen and oxygen atoms in total. The number of ether oxygens (including phenoxy) is 1. The summed E-state index contributed by atoms with van der Waals surface area (Å²) in [6.07, 6.45) is 1.11. The molecule has 0 atom stereocenters. The number of aromatic nitrogens is 1. The molecule has 0 fully saturated rings. The average molecular weight is 356 g/mol. The van der Waals surface area contributed by atoms with Crippen molar-refractivity contribution in [2.75, 3.05) is 13.7 Å². The van der Waals surface area contributed by atoms with Crippen LogP contribution in [0.25, 0.3) is 21.8 Å². The van der Waals surface area contributed by atoms with E-state index in [0.29, 0.717) is 0 Å². The second-order valence-corrected chi connectivity index (χ2v) is 7.52. The Hall–Kier alpha value is -2.78. The third kappa shape index (κ3) is 2.70. The van der Waals surface area contributed by atoms with Gasteiger partial charge in [0.1, 0.15) is 5.75 Å². The Morgan fingerprint density at radius 2 is 1.85 bits per heavy atom. The molecule has 0 unspecified atom stereocenters. The van der Waals surface area contributed by atoms with E-state index in [4.69, 9.17) is 4.74 Å². The Labute approximate surface area is 159 Å². The number of benzene rings is 3. The number of aryl methyl sites for hydroxylation is 1. The number of methoxy groups -OCH3 is 1. The summed E-state index contributed by atoms with van der Waals surface area (Å²) in [4.78, 5) is 6.18. The van der Waals surface area contributed by atoms with Crippen LogP contribution in [-0.4, -0.2) is 23.5 Å². The maximum Gasteiger partial charge on any atom is 0.142 e. The van der Waals surface area contributed by atoms with Gasteiger partial charge in [-0.2, -0.15) is 0 Å². The number of hydrogen-bond donors (Lipinski definition) is 1. The lowest BCUT2D eigenvalue weighted by Gasteiger charge is -2.30. The third-order valence-corrected chi connectivity index (χ3v) is 5.91. The summed E-state index contributed by atoms with van der Waals surface area (Å²) in [6.45, 7) is 5.39. The van der Waals surface area contributed by atoms with E-state index in [1.807, 2.05) is 6.07 Å². The smallest absolute Gasteiger partial charge is 0.142 e. The molecule has 2 heterocycles. The number of H-pyrrole nitrogens is 1. The molecular formula is C24H24N2O. The molecule has 1 aliphatic rings. The van der Waals surface area contributed by atoms with Crippen LogP contribution in [0, 0.1) is 6.92 Å². The summed E-state index contributed by atoms with van der Waals surface area (Å²) in [5.74, 6) is 0.909. The van der Waals surface area contributed by atoms with Crippen molar-refractivity contribution >= 4 is 21.8 Å². The molecule has 0 radical (unpaired) electrons. The molecule has 1 N–H and O–H groups in total. The molecule has 5 rings (SSSR count). The van der Waals surface area contributed by atoms with Crippen LogP contribution in [0.3, 0.4) is 0 Å². The molecule has 1 aromatic heterocycles. The van der Waals surface area contributed by atoms with Crippen molar-refractivity contribution in [1.29, 1.82) is 0 Å². The minimum absolute atomic E-state index is 0.909. The van der Waals surface area contributed by atoms with E-state index in [-0.39, 0.29) is 0 Å². The second kappa shape index (κ2) is 6.43. The fourth-order valence-corrected chi connectivity index (χ4v) is 4.54. The van der Waals surface area contributed by atoms with Gasteiger partial charge in [0.25, 0.3) is 0 Å². The highest BCUT2D eigenvalue weighted by Gasteiger charge is 2.21. The maximum atomic E-state index is 5.57. The van der Waals surface area contributed by atoms with Gasteiger partial charge < -0.3 is 9.72 Å². The highest BCUT2D eigenvalue weighted by molar-refractivity contribution is 6.10. The molecule has 3 aromatic carbocycles. The summed E-state index contributed by atoms with van der Waals surface area (Å²) < 4.78 is 5.57. The first-order valence-corrected chi connectivity index (χ1v) is 9.60. The maximum absolute atomic E-state index is 5.57.